The summed E-state index contributed by atoms with van der Waals surface area (Å²) < 4.78 is 6.91. The zero-order valence-corrected chi connectivity index (χ0v) is 15.7. The summed E-state index contributed by atoms with van der Waals surface area (Å²) in [7, 11) is 1.59. The lowest BCUT2D eigenvalue weighted by Crippen LogP contribution is -2.30. The number of nitrogens with one attached hydrogen (secondary N) is 1. The van der Waals surface area contributed by atoms with Crippen molar-refractivity contribution in [3.63, 3.8) is 0 Å². The number of methoxy groups -OCH3 is 1. The topological polar surface area (TPSA) is 106 Å². The molecule has 0 radical (unpaired) electrons. The van der Waals surface area contributed by atoms with Gasteiger partial charge in [0.2, 0.25) is 5.91 Å². The van der Waals surface area contributed by atoms with Gasteiger partial charge in [-0.1, -0.05) is 23.9 Å². The van der Waals surface area contributed by atoms with Gasteiger partial charge >= 0.3 is 5.97 Å². The number of thioether (sulfide) groups is 1. The Morgan fingerprint density at radius 3 is 2.58 bits per heavy atom. The molecule has 140 valence electrons. The van der Waals surface area contributed by atoms with Crippen LogP contribution in [0.3, 0.4) is 0 Å². The van der Waals surface area contributed by atoms with Gasteiger partial charge in [0, 0.05) is 6.54 Å². The summed E-state index contributed by atoms with van der Waals surface area (Å²) in [6, 6.07) is 6.97. The number of carbonyl (C=O) groups is 2. The maximum Gasteiger partial charge on any atom is 0.313 e. The molecule has 2 aromatic rings. The molecule has 0 bridgehead atoms. The van der Waals surface area contributed by atoms with E-state index in [-0.39, 0.29) is 24.1 Å². The fourth-order valence-electron chi connectivity index (χ4n) is 2.44. The predicted molar refractivity (Wildman–Crippen MR) is 97.3 cm³/mol. The second-order valence-electron chi connectivity index (χ2n) is 5.58. The van der Waals surface area contributed by atoms with Crippen molar-refractivity contribution in [2.75, 3.05) is 12.9 Å². The first-order chi connectivity index (χ1) is 12.4. The third kappa shape index (κ3) is 5.22. The van der Waals surface area contributed by atoms with Gasteiger partial charge in [0.25, 0.3) is 0 Å². The van der Waals surface area contributed by atoms with Crippen molar-refractivity contribution in [3.05, 3.63) is 35.7 Å². The molecule has 0 aliphatic heterocycles. The summed E-state index contributed by atoms with van der Waals surface area (Å²) in [5.74, 6) is 0.209. The van der Waals surface area contributed by atoms with Gasteiger partial charge in [0.15, 0.2) is 11.0 Å². The standard InChI is InChI=1S/C17H22N4O4S/c1-4-21-16(19-20-17(21)26-10-15(23)24)11(2)18-14(22)9-12-5-7-13(25-3)8-6-12/h5-8,11H,4,9-10H2,1-3H3,(H,18,22)(H,23,24)/t11-/m1/s1. The number of carboxylic acids is 1. The van der Waals surface area contributed by atoms with E-state index >= 15 is 0 Å². The fraction of sp³-hybridized carbons (Fsp3) is 0.412. The van der Waals surface area contributed by atoms with Gasteiger partial charge in [-0.05, 0) is 31.5 Å². The maximum absolute atomic E-state index is 12.3. The van der Waals surface area contributed by atoms with E-state index < -0.39 is 5.97 Å². The van der Waals surface area contributed by atoms with Gasteiger partial charge in [-0.3, -0.25) is 9.59 Å². The Bertz CT molecular complexity index is 761. The highest BCUT2D eigenvalue weighted by atomic mass is 32.2. The van der Waals surface area contributed by atoms with Crippen LogP contribution in [0.4, 0.5) is 0 Å². The summed E-state index contributed by atoms with van der Waals surface area (Å²) in [5, 5.41) is 20.4. The van der Waals surface area contributed by atoms with Crippen molar-refractivity contribution in [1.29, 1.82) is 0 Å². The Morgan fingerprint density at radius 1 is 1.31 bits per heavy atom. The molecule has 0 unspecified atom stereocenters. The van der Waals surface area contributed by atoms with Gasteiger partial charge in [0.05, 0.1) is 25.3 Å². The van der Waals surface area contributed by atoms with Gasteiger partial charge in [-0.25, -0.2) is 0 Å². The monoisotopic (exact) mass is 378 g/mol. The molecular weight excluding hydrogens is 356 g/mol. The normalized spacial score (nSPS) is 11.8. The third-order valence-corrected chi connectivity index (χ3v) is 4.63. The van der Waals surface area contributed by atoms with Crippen LogP contribution >= 0.6 is 11.8 Å². The predicted octanol–water partition coefficient (Wildman–Crippen LogP) is 1.90. The van der Waals surface area contributed by atoms with Crippen molar-refractivity contribution < 1.29 is 19.4 Å². The number of aromatic nitrogens is 3. The minimum Gasteiger partial charge on any atom is -0.497 e. The highest BCUT2D eigenvalue weighted by Crippen LogP contribution is 2.20. The average molecular weight is 378 g/mol. The molecule has 0 saturated carbocycles. The molecule has 1 aromatic carbocycles. The lowest BCUT2D eigenvalue weighted by molar-refractivity contribution is -0.134. The largest absolute Gasteiger partial charge is 0.497 e. The van der Waals surface area contributed by atoms with E-state index in [1.807, 2.05) is 42.7 Å². The van der Waals surface area contributed by atoms with Crippen LogP contribution in [0.15, 0.2) is 29.4 Å². The molecule has 26 heavy (non-hydrogen) atoms. The van der Waals surface area contributed by atoms with E-state index in [2.05, 4.69) is 15.5 Å². The molecular formula is C17H22N4O4S. The molecule has 0 saturated heterocycles. The maximum atomic E-state index is 12.3. The van der Waals surface area contributed by atoms with Gasteiger partial charge in [-0.15, -0.1) is 10.2 Å². The second-order valence-corrected chi connectivity index (χ2v) is 6.52. The number of hydrogen-bond acceptors (Lipinski definition) is 6. The summed E-state index contributed by atoms with van der Waals surface area (Å²) in [6.45, 7) is 4.33. The number of carbonyl (C=O) groups excluding carboxylic acids is 1. The van der Waals surface area contributed by atoms with Crippen molar-refractivity contribution in [2.45, 2.75) is 38.0 Å². The van der Waals surface area contributed by atoms with E-state index in [9.17, 15) is 9.59 Å². The Balaban J connectivity index is 2.00. The molecule has 1 atom stereocenters. The molecule has 0 fully saturated rings. The molecule has 1 aromatic heterocycles. The highest BCUT2D eigenvalue weighted by Gasteiger charge is 2.19. The number of hydrogen-bond donors (Lipinski definition) is 2. The number of nitrogens with zero attached hydrogens (tertiary/aromatic N) is 3. The van der Waals surface area contributed by atoms with E-state index in [0.29, 0.717) is 17.5 Å². The second kappa shape index (κ2) is 9.23. The van der Waals surface area contributed by atoms with Crippen molar-refractivity contribution in [3.8, 4) is 5.75 Å². The van der Waals surface area contributed by atoms with Crippen LogP contribution in [0, 0.1) is 0 Å². The number of carboxylic acid groups (broad SMARTS) is 1. The van der Waals surface area contributed by atoms with E-state index in [1.165, 1.54) is 0 Å². The number of amides is 1. The fourth-order valence-corrected chi connectivity index (χ4v) is 3.17. The first kappa shape index (κ1) is 19.8. The van der Waals surface area contributed by atoms with E-state index in [1.54, 1.807) is 7.11 Å². The first-order valence-electron chi connectivity index (χ1n) is 8.14. The quantitative estimate of drug-likeness (QED) is 0.642. The van der Waals surface area contributed by atoms with Gasteiger partial charge in [0.1, 0.15) is 5.75 Å². The SMILES string of the molecule is CCn1c(SCC(=O)O)nnc1[C@@H](C)NC(=O)Cc1ccc(OC)cc1. The summed E-state index contributed by atoms with van der Waals surface area (Å²) >= 11 is 1.11. The van der Waals surface area contributed by atoms with Crippen molar-refractivity contribution >= 4 is 23.6 Å². The van der Waals surface area contributed by atoms with Crippen LogP contribution in [-0.2, 0) is 22.6 Å². The lowest BCUT2D eigenvalue weighted by Gasteiger charge is -2.15. The van der Waals surface area contributed by atoms with E-state index in [4.69, 9.17) is 9.84 Å². The summed E-state index contributed by atoms with van der Waals surface area (Å²) in [6.07, 6.45) is 0.245. The number of rotatable bonds is 9. The summed E-state index contributed by atoms with van der Waals surface area (Å²) in [5.41, 5.74) is 0.880. The Morgan fingerprint density at radius 2 is 2.00 bits per heavy atom. The number of benzene rings is 1. The number of ether oxygens (including phenoxy) is 1. The van der Waals surface area contributed by atoms with Crippen LogP contribution in [0.1, 0.15) is 31.3 Å². The minimum absolute atomic E-state index is 0.0870. The molecule has 0 aliphatic carbocycles. The Labute approximate surface area is 156 Å². The molecule has 0 aliphatic rings. The van der Waals surface area contributed by atoms with Gasteiger partial charge in [-0.2, -0.15) is 0 Å². The Hall–Kier alpha value is -2.55. The van der Waals surface area contributed by atoms with Gasteiger partial charge < -0.3 is 19.7 Å². The summed E-state index contributed by atoms with van der Waals surface area (Å²) in [4.78, 5) is 23.0. The number of aliphatic carboxylic acids is 1. The molecule has 9 heteroatoms. The van der Waals surface area contributed by atoms with Crippen LogP contribution in [-0.4, -0.2) is 44.6 Å². The van der Waals surface area contributed by atoms with Crippen LogP contribution in [0.5, 0.6) is 5.75 Å². The van der Waals surface area contributed by atoms with E-state index in [0.717, 1.165) is 23.1 Å². The first-order valence-corrected chi connectivity index (χ1v) is 9.13. The van der Waals surface area contributed by atoms with Crippen molar-refractivity contribution in [1.82, 2.24) is 20.1 Å². The zero-order chi connectivity index (χ0) is 19.1. The molecule has 0 spiro atoms. The van der Waals surface area contributed by atoms with Crippen molar-refractivity contribution in [2.24, 2.45) is 0 Å². The van der Waals surface area contributed by atoms with Crippen LogP contribution in [0.2, 0.25) is 0 Å². The third-order valence-electron chi connectivity index (χ3n) is 3.67. The molecule has 1 heterocycles. The Kier molecular flexibility index (Phi) is 7.02. The molecule has 1 amide bonds. The van der Waals surface area contributed by atoms with Crippen LogP contribution < -0.4 is 10.1 Å². The molecule has 2 rings (SSSR count). The zero-order valence-electron chi connectivity index (χ0n) is 14.9. The molecule has 8 nitrogen and oxygen atoms in total. The van der Waals surface area contributed by atoms with Crippen LogP contribution in [0.25, 0.3) is 0 Å². The lowest BCUT2D eigenvalue weighted by atomic mass is 10.1. The average Bonchev–Trinajstić information content (AvgIpc) is 3.03. The smallest absolute Gasteiger partial charge is 0.313 e. The minimum atomic E-state index is -0.914. The highest BCUT2D eigenvalue weighted by molar-refractivity contribution is 7.99. The molecule has 2 N–H and O–H groups in total.